The Balaban J connectivity index is 1.24. The topological polar surface area (TPSA) is 158 Å². The second kappa shape index (κ2) is 15.3. The van der Waals surface area contributed by atoms with Gasteiger partial charge in [0.15, 0.2) is 5.82 Å². The Kier molecular flexibility index (Phi) is 10.3. The maximum absolute atomic E-state index is 15.6. The molecule has 3 aliphatic rings. The van der Waals surface area contributed by atoms with E-state index >= 15 is 13.6 Å². The second-order valence-corrected chi connectivity index (χ2v) is 18.5. The molecule has 332 valence electrons. The summed E-state index contributed by atoms with van der Waals surface area (Å²) in [4.78, 5) is 36.2. The Labute approximate surface area is 359 Å². The van der Waals surface area contributed by atoms with Crippen molar-refractivity contribution in [3.05, 3.63) is 104 Å². The van der Waals surface area contributed by atoms with Crippen LogP contribution in [0.5, 0.6) is 0 Å². The largest absolute Gasteiger partial charge is 0.372 e. The summed E-state index contributed by atoms with van der Waals surface area (Å²) >= 11 is 6.65. The number of ether oxygens (including phenoxy) is 1. The number of alkyl halides is 4. The summed E-state index contributed by atoms with van der Waals surface area (Å²) < 4.78 is 125. The maximum Gasteiger partial charge on any atom is 0.293 e. The van der Waals surface area contributed by atoms with Crippen LogP contribution in [0.15, 0.2) is 53.3 Å². The number of nitrogens with one attached hydrogen (secondary N) is 2. The average Bonchev–Trinajstić information content (AvgIpc) is 3.72. The van der Waals surface area contributed by atoms with Crippen molar-refractivity contribution in [2.75, 3.05) is 29.0 Å². The lowest BCUT2D eigenvalue weighted by Gasteiger charge is -2.37. The highest BCUT2D eigenvalue weighted by Gasteiger charge is 2.67. The van der Waals surface area contributed by atoms with Crippen LogP contribution in [0.4, 0.5) is 37.8 Å². The van der Waals surface area contributed by atoms with Crippen molar-refractivity contribution in [1.82, 2.24) is 34.4 Å². The molecular weight excluding hydrogens is 880 g/mol. The van der Waals surface area contributed by atoms with Crippen molar-refractivity contribution in [1.29, 1.82) is 0 Å². The van der Waals surface area contributed by atoms with Crippen molar-refractivity contribution < 1.29 is 44.3 Å². The van der Waals surface area contributed by atoms with Crippen LogP contribution in [-0.4, -0.2) is 75.0 Å². The van der Waals surface area contributed by atoms with E-state index in [-0.39, 0.29) is 73.9 Å². The van der Waals surface area contributed by atoms with Crippen molar-refractivity contribution in [2.24, 2.45) is 13.0 Å². The molecule has 3 unspecified atom stereocenters. The van der Waals surface area contributed by atoms with Gasteiger partial charge in [-0.15, -0.1) is 0 Å². The molecule has 0 bridgehead atoms. The molecule has 2 N–H and O–H groups in total. The van der Waals surface area contributed by atoms with E-state index in [4.69, 9.17) is 21.3 Å². The van der Waals surface area contributed by atoms with Crippen LogP contribution in [0, 0.1) is 17.6 Å². The minimum atomic E-state index is -3.91. The number of nitrogens with zero attached hydrogens (tertiary/aromatic N) is 7. The van der Waals surface area contributed by atoms with Crippen LogP contribution in [0.1, 0.15) is 67.0 Å². The van der Waals surface area contributed by atoms with E-state index in [1.807, 2.05) is 18.7 Å². The molecule has 6 aromatic rings. The van der Waals surface area contributed by atoms with Gasteiger partial charge in [-0.2, -0.15) is 19.0 Å². The molecule has 5 atom stereocenters. The molecule has 1 saturated heterocycles. The van der Waals surface area contributed by atoms with Gasteiger partial charge in [-0.1, -0.05) is 11.6 Å². The Morgan fingerprint density at radius 2 is 1.73 bits per heavy atom. The van der Waals surface area contributed by atoms with E-state index in [0.717, 1.165) is 23.0 Å². The maximum atomic E-state index is 15.6. The van der Waals surface area contributed by atoms with Crippen molar-refractivity contribution in [3.63, 3.8) is 0 Å². The number of rotatable bonds is 11. The molecule has 4 heterocycles. The minimum absolute atomic E-state index is 0.000779. The molecule has 1 aliphatic heterocycles. The van der Waals surface area contributed by atoms with E-state index in [1.54, 1.807) is 18.2 Å². The summed E-state index contributed by atoms with van der Waals surface area (Å²) in [6, 6.07) is 8.92. The fourth-order valence-corrected chi connectivity index (χ4v) is 9.89. The fourth-order valence-electron chi connectivity index (χ4n) is 9.15. The third kappa shape index (κ3) is 7.66. The summed E-state index contributed by atoms with van der Waals surface area (Å²) in [5.41, 5.74) is -1.65. The van der Waals surface area contributed by atoms with Gasteiger partial charge in [0, 0.05) is 49.8 Å². The SMILES string of the molecule is CC1CN(c2ccc3c(=O)n(-c4ccc(Cl)c5c(NS(C)(=O)=O)nn(C)c45)c(C(Cc4cc(F)cc(F)c4)NC(=O)Cn4nc(C(F)F)c5c4C(F)(F)[C@@H]4C[C@H]54)nc3c2)CC(C)O1. The van der Waals surface area contributed by atoms with Crippen molar-refractivity contribution in [2.45, 2.75) is 69.7 Å². The average molecular weight is 918 g/mol. The number of sulfonamides is 1. The molecule has 0 spiro atoms. The van der Waals surface area contributed by atoms with Crippen LogP contribution in [0.25, 0.3) is 27.5 Å². The monoisotopic (exact) mass is 917 g/mol. The van der Waals surface area contributed by atoms with Gasteiger partial charge in [0.25, 0.3) is 17.9 Å². The number of fused-ring (bicyclic) bond motifs is 5. The van der Waals surface area contributed by atoms with Crippen LogP contribution in [0.2, 0.25) is 5.02 Å². The predicted octanol–water partition coefficient (Wildman–Crippen LogP) is 6.63. The molecule has 3 aromatic heterocycles. The van der Waals surface area contributed by atoms with E-state index in [0.29, 0.717) is 29.5 Å². The van der Waals surface area contributed by atoms with E-state index in [2.05, 4.69) is 20.2 Å². The number of aromatic nitrogens is 6. The highest BCUT2D eigenvalue weighted by molar-refractivity contribution is 7.92. The molecular formula is C41H38ClF6N9O5S. The Hall–Kier alpha value is -5.67. The molecule has 2 fully saturated rings. The van der Waals surface area contributed by atoms with Gasteiger partial charge in [-0.05, 0) is 74.2 Å². The van der Waals surface area contributed by atoms with Gasteiger partial charge in [0.1, 0.15) is 35.4 Å². The van der Waals surface area contributed by atoms with Crippen LogP contribution < -0.4 is 20.5 Å². The van der Waals surface area contributed by atoms with E-state index in [9.17, 15) is 30.8 Å². The highest BCUT2D eigenvalue weighted by Crippen LogP contribution is 2.68. The first-order valence-corrected chi connectivity index (χ1v) is 22.1. The first kappa shape index (κ1) is 42.6. The fraction of sp³-hybridized carbons (Fsp3) is 0.390. The summed E-state index contributed by atoms with van der Waals surface area (Å²) in [7, 11) is -2.44. The van der Waals surface area contributed by atoms with Crippen LogP contribution >= 0.6 is 11.6 Å². The van der Waals surface area contributed by atoms with Gasteiger partial charge >= 0.3 is 0 Å². The van der Waals surface area contributed by atoms with Crippen LogP contribution in [0.3, 0.4) is 0 Å². The van der Waals surface area contributed by atoms with Gasteiger partial charge in [0.2, 0.25) is 15.9 Å². The number of morpholine rings is 1. The van der Waals surface area contributed by atoms with Gasteiger partial charge in [-0.3, -0.25) is 28.2 Å². The molecule has 14 nitrogen and oxygen atoms in total. The Morgan fingerprint density at radius 3 is 2.40 bits per heavy atom. The summed E-state index contributed by atoms with van der Waals surface area (Å²) in [5.74, 6) is -8.93. The van der Waals surface area contributed by atoms with Gasteiger partial charge in [0.05, 0.1) is 57.0 Å². The van der Waals surface area contributed by atoms with E-state index in [1.165, 1.54) is 23.9 Å². The molecule has 0 radical (unpaired) electrons. The molecule has 9 rings (SSSR count). The number of amides is 1. The molecule has 1 amide bonds. The smallest absolute Gasteiger partial charge is 0.293 e. The lowest BCUT2D eigenvalue weighted by atomic mass is 10.0. The quantitative estimate of drug-likeness (QED) is 0.136. The highest BCUT2D eigenvalue weighted by atomic mass is 35.5. The lowest BCUT2D eigenvalue weighted by molar-refractivity contribution is -0.123. The molecule has 22 heteroatoms. The zero-order chi connectivity index (χ0) is 45.0. The van der Waals surface area contributed by atoms with E-state index < -0.39 is 87.7 Å². The van der Waals surface area contributed by atoms with Gasteiger partial charge in [-0.25, -0.2) is 31.0 Å². The molecule has 3 aromatic carbocycles. The molecule has 1 saturated carbocycles. The Bertz CT molecular complexity index is 3020. The first-order chi connectivity index (χ1) is 29.7. The number of hydrogen-bond donors (Lipinski definition) is 2. The second-order valence-electron chi connectivity index (χ2n) is 16.4. The number of benzene rings is 3. The normalized spacial score (nSPS) is 20.9. The van der Waals surface area contributed by atoms with Crippen molar-refractivity contribution in [3.8, 4) is 5.69 Å². The summed E-state index contributed by atoms with van der Waals surface area (Å²) in [6.07, 6.45) is -3.01. The zero-order valence-corrected chi connectivity index (χ0v) is 35.4. The lowest BCUT2D eigenvalue weighted by Crippen LogP contribution is -2.45. The molecule has 2 aliphatic carbocycles. The minimum Gasteiger partial charge on any atom is -0.372 e. The first-order valence-electron chi connectivity index (χ1n) is 19.8. The van der Waals surface area contributed by atoms with Crippen LogP contribution in [-0.2, 0) is 45.5 Å². The number of carbonyl (C=O) groups is 1. The van der Waals surface area contributed by atoms with Crippen molar-refractivity contribution >= 4 is 60.8 Å². The predicted molar refractivity (Wildman–Crippen MR) is 220 cm³/mol. The number of anilines is 2. The molecule has 63 heavy (non-hydrogen) atoms. The third-order valence-corrected chi connectivity index (χ3v) is 12.5. The number of hydrogen-bond acceptors (Lipinski definition) is 9. The third-order valence-electron chi connectivity index (χ3n) is 11.6. The standard InChI is InChI=1S/C41H38ClF6N9O5S/c1-18-15-55(16-19(2)62-18)23-5-6-24-28(13-23)50-39(57(40(24)59)30-8-7-27(42)33-35(30)54(3)52-38(33)53-63(4,60)61)29(11-20-9-21(43)12-22(44)10-20)49-31(58)17-56-36-32(34(51-56)37(45)46)25-14-26(25)41(36,47)48/h5-10,12-13,18-19,25-26,29,37H,11,14-17H2,1-4H3,(H,49,58)(H,52,53)/t18?,19?,25-,26+,29?/m0/s1. The number of halogens is 7. The zero-order valence-electron chi connectivity index (χ0n) is 33.8. The van der Waals surface area contributed by atoms with Gasteiger partial charge < -0.3 is 15.0 Å². The Morgan fingerprint density at radius 1 is 1.03 bits per heavy atom. The summed E-state index contributed by atoms with van der Waals surface area (Å²) in [5, 5.41) is 11.0. The number of aryl methyl sites for hydroxylation is 1. The number of carbonyl (C=O) groups excluding carboxylic acids is 1. The summed E-state index contributed by atoms with van der Waals surface area (Å²) in [6.45, 7) is 3.86.